The lowest BCUT2D eigenvalue weighted by atomic mass is 9.95. The van der Waals surface area contributed by atoms with Crippen molar-refractivity contribution in [1.82, 2.24) is 4.98 Å². The molecule has 0 unspecified atom stereocenters. The molecule has 3 N–H and O–H groups in total. The fourth-order valence-electron chi connectivity index (χ4n) is 3.06. The standard InChI is InChI=1S/C22H21NO6/c1-21(2,28)19(26)11-5-7-15-13(9-11)17(24)18(25)14-10-12(6-8-16(14)23-15)20(27)22(3,4)29/h5-10,23,28-29H,1-4H3. The monoisotopic (exact) mass is 395 g/mol. The van der Waals surface area contributed by atoms with Crippen LogP contribution in [0.25, 0.3) is 21.8 Å². The Labute approximate surface area is 165 Å². The molecule has 7 heteroatoms. The van der Waals surface area contributed by atoms with E-state index in [-0.39, 0.29) is 21.9 Å². The van der Waals surface area contributed by atoms with Crippen LogP contribution in [0.2, 0.25) is 0 Å². The summed E-state index contributed by atoms with van der Waals surface area (Å²) in [4.78, 5) is 53.3. The summed E-state index contributed by atoms with van der Waals surface area (Å²) in [5.41, 5.74) is -4.09. The Morgan fingerprint density at radius 2 is 1.07 bits per heavy atom. The Morgan fingerprint density at radius 1 is 0.724 bits per heavy atom. The number of Topliss-reactive ketones (excluding diaryl/α,β-unsaturated/α-hetero) is 2. The minimum Gasteiger partial charge on any atom is -0.382 e. The highest BCUT2D eigenvalue weighted by molar-refractivity contribution is 6.05. The maximum atomic E-state index is 12.8. The van der Waals surface area contributed by atoms with Gasteiger partial charge in [-0.3, -0.25) is 19.2 Å². The first-order chi connectivity index (χ1) is 13.3. The predicted molar refractivity (Wildman–Crippen MR) is 110 cm³/mol. The van der Waals surface area contributed by atoms with E-state index in [9.17, 15) is 29.4 Å². The lowest BCUT2D eigenvalue weighted by Crippen LogP contribution is -2.31. The molecule has 0 fully saturated rings. The summed E-state index contributed by atoms with van der Waals surface area (Å²) in [5.74, 6) is -1.17. The molecule has 0 saturated heterocycles. The van der Waals surface area contributed by atoms with Crippen LogP contribution in [-0.2, 0) is 0 Å². The van der Waals surface area contributed by atoms with Gasteiger partial charge in [0.25, 0.3) is 0 Å². The van der Waals surface area contributed by atoms with Crippen molar-refractivity contribution in [1.29, 1.82) is 0 Å². The SMILES string of the molecule is CC(C)(O)C(=O)c1ccc2[nH]c3ccc(C(=O)C(C)(C)O)cc3c(=O)c(=O)c2c1. The molecule has 0 atom stereocenters. The number of aromatic amines is 1. The highest BCUT2D eigenvalue weighted by Crippen LogP contribution is 2.19. The second-order valence-electron chi connectivity index (χ2n) is 8.08. The van der Waals surface area contributed by atoms with Crippen molar-refractivity contribution in [3.8, 4) is 0 Å². The number of carbonyl (C=O) groups excluding carboxylic acids is 2. The predicted octanol–water partition coefficient (Wildman–Crippen LogP) is 1.95. The largest absolute Gasteiger partial charge is 0.382 e. The van der Waals surface area contributed by atoms with Crippen LogP contribution < -0.4 is 10.9 Å². The molecule has 0 aliphatic heterocycles. The van der Waals surface area contributed by atoms with Crippen molar-refractivity contribution in [2.75, 3.05) is 0 Å². The van der Waals surface area contributed by atoms with Gasteiger partial charge in [0.2, 0.25) is 10.9 Å². The third-order valence-corrected chi connectivity index (χ3v) is 4.64. The van der Waals surface area contributed by atoms with Crippen LogP contribution in [0.3, 0.4) is 0 Å². The Hall–Kier alpha value is -3.16. The van der Waals surface area contributed by atoms with E-state index in [1.165, 1.54) is 64.1 Å². The van der Waals surface area contributed by atoms with E-state index >= 15 is 0 Å². The molecule has 0 aliphatic rings. The molecule has 3 rings (SSSR count). The lowest BCUT2D eigenvalue weighted by Gasteiger charge is -2.15. The number of aliphatic hydroxyl groups is 2. The minimum absolute atomic E-state index is 0.00309. The fraction of sp³-hybridized carbons (Fsp3) is 0.273. The average Bonchev–Trinajstić information content (AvgIpc) is 2.74. The number of benzene rings is 2. The molecule has 0 bridgehead atoms. The summed E-state index contributed by atoms with van der Waals surface area (Å²) in [5, 5.41) is 19.9. The number of nitrogens with one attached hydrogen (secondary N) is 1. The molecule has 0 radical (unpaired) electrons. The van der Waals surface area contributed by atoms with E-state index in [0.29, 0.717) is 11.0 Å². The topological polar surface area (TPSA) is 125 Å². The summed E-state index contributed by atoms with van der Waals surface area (Å²) < 4.78 is 0. The number of fused-ring (bicyclic) bond motifs is 2. The molecule has 0 amide bonds. The molecule has 0 aliphatic carbocycles. The van der Waals surface area contributed by atoms with Crippen LogP contribution in [0.15, 0.2) is 46.0 Å². The summed E-state index contributed by atoms with van der Waals surface area (Å²) >= 11 is 0. The van der Waals surface area contributed by atoms with E-state index in [1.807, 2.05) is 0 Å². The fourth-order valence-corrected chi connectivity index (χ4v) is 3.06. The normalized spacial score (nSPS) is 12.3. The Bertz CT molecular complexity index is 1190. The molecule has 0 spiro atoms. The van der Waals surface area contributed by atoms with Crippen LogP contribution in [-0.4, -0.2) is 38.0 Å². The summed E-state index contributed by atoms with van der Waals surface area (Å²) in [7, 11) is 0. The van der Waals surface area contributed by atoms with Crippen molar-refractivity contribution in [2.24, 2.45) is 0 Å². The average molecular weight is 395 g/mol. The zero-order valence-corrected chi connectivity index (χ0v) is 16.5. The van der Waals surface area contributed by atoms with E-state index in [2.05, 4.69) is 4.98 Å². The Balaban J connectivity index is 2.35. The molecule has 0 saturated carbocycles. The smallest absolute Gasteiger partial charge is 0.235 e. The van der Waals surface area contributed by atoms with Crippen LogP contribution in [0.5, 0.6) is 0 Å². The van der Waals surface area contributed by atoms with Gasteiger partial charge in [-0.15, -0.1) is 0 Å². The summed E-state index contributed by atoms with van der Waals surface area (Å²) in [6.07, 6.45) is 0. The highest BCUT2D eigenvalue weighted by Gasteiger charge is 2.27. The number of rotatable bonds is 4. The number of ketones is 2. The van der Waals surface area contributed by atoms with E-state index in [1.54, 1.807) is 0 Å². The lowest BCUT2D eigenvalue weighted by molar-refractivity contribution is 0.0487. The third kappa shape index (κ3) is 3.74. The van der Waals surface area contributed by atoms with E-state index in [4.69, 9.17) is 0 Å². The van der Waals surface area contributed by atoms with Gasteiger partial charge in [0, 0.05) is 22.2 Å². The first-order valence-electron chi connectivity index (χ1n) is 8.99. The number of carbonyl (C=O) groups is 2. The van der Waals surface area contributed by atoms with Crippen molar-refractivity contribution < 1.29 is 19.8 Å². The van der Waals surface area contributed by atoms with Gasteiger partial charge in [-0.05, 0) is 64.1 Å². The van der Waals surface area contributed by atoms with Crippen molar-refractivity contribution in [2.45, 2.75) is 38.9 Å². The first kappa shape index (κ1) is 20.6. The highest BCUT2D eigenvalue weighted by atomic mass is 16.3. The van der Waals surface area contributed by atoms with Gasteiger partial charge in [0.1, 0.15) is 11.2 Å². The molecule has 2 aromatic carbocycles. The zero-order chi connectivity index (χ0) is 21.7. The molecule has 150 valence electrons. The molecular formula is C22H21NO6. The summed E-state index contributed by atoms with van der Waals surface area (Å²) in [6, 6.07) is 8.45. The maximum Gasteiger partial charge on any atom is 0.235 e. The van der Waals surface area contributed by atoms with Crippen LogP contribution >= 0.6 is 0 Å². The van der Waals surface area contributed by atoms with Gasteiger partial charge < -0.3 is 15.2 Å². The van der Waals surface area contributed by atoms with Gasteiger partial charge in [0.15, 0.2) is 11.6 Å². The molecule has 3 aromatic rings. The van der Waals surface area contributed by atoms with Crippen molar-refractivity contribution in [3.05, 3.63) is 68.0 Å². The molecule has 29 heavy (non-hydrogen) atoms. The number of hydrogen-bond acceptors (Lipinski definition) is 6. The number of H-pyrrole nitrogens is 1. The summed E-state index contributed by atoms with van der Waals surface area (Å²) in [6.45, 7) is 5.35. The third-order valence-electron chi connectivity index (χ3n) is 4.64. The van der Waals surface area contributed by atoms with E-state index in [0.717, 1.165) is 0 Å². The second-order valence-corrected chi connectivity index (χ2v) is 8.08. The van der Waals surface area contributed by atoms with Gasteiger partial charge >= 0.3 is 0 Å². The Morgan fingerprint density at radius 3 is 1.38 bits per heavy atom. The first-order valence-corrected chi connectivity index (χ1v) is 8.99. The number of hydrogen-bond donors (Lipinski definition) is 3. The van der Waals surface area contributed by atoms with Gasteiger partial charge in [-0.25, -0.2) is 0 Å². The van der Waals surface area contributed by atoms with E-state index < -0.39 is 33.6 Å². The molecular weight excluding hydrogens is 374 g/mol. The van der Waals surface area contributed by atoms with Gasteiger partial charge in [-0.1, -0.05) is 0 Å². The molecule has 7 nitrogen and oxygen atoms in total. The maximum absolute atomic E-state index is 12.8. The second kappa shape index (κ2) is 6.72. The molecule has 1 aromatic heterocycles. The molecule has 1 heterocycles. The minimum atomic E-state index is -1.63. The van der Waals surface area contributed by atoms with Crippen molar-refractivity contribution >= 4 is 33.4 Å². The quantitative estimate of drug-likeness (QED) is 0.458. The van der Waals surface area contributed by atoms with Crippen LogP contribution in [0.4, 0.5) is 0 Å². The Kier molecular flexibility index (Phi) is 4.77. The zero-order valence-electron chi connectivity index (χ0n) is 16.5. The van der Waals surface area contributed by atoms with Gasteiger partial charge in [0.05, 0.1) is 10.8 Å². The number of aromatic nitrogens is 1. The van der Waals surface area contributed by atoms with Crippen LogP contribution in [0.1, 0.15) is 48.4 Å². The van der Waals surface area contributed by atoms with Crippen molar-refractivity contribution in [3.63, 3.8) is 0 Å². The van der Waals surface area contributed by atoms with Crippen LogP contribution in [0, 0.1) is 0 Å². The van der Waals surface area contributed by atoms with Gasteiger partial charge in [-0.2, -0.15) is 0 Å².